The van der Waals surface area contributed by atoms with Gasteiger partial charge < -0.3 is 5.32 Å². The Morgan fingerprint density at radius 2 is 2.23 bits per heavy atom. The maximum Gasteiger partial charge on any atom is 0.0491 e. The average molecular weight is 383 g/mol. The van der Waals surface area contributed by atoms with E-state index < -0.39 is 0 Å². The third kappa shape index (κ3) is 4.07. The van der Waals surface area contributed by atoms with Crippen molar-refractivity contribution >= 4 is 28.3 Å². The Morgan fingerprint density at radius 3 is 2.95 bits per heavy atom. The van der Waals surface area contributed by atoms with E-state index >= 15 is 0 Å². The van der Waals surface area contributed by atoms with Gasteiger partial charge in [0.1, 0.15) is 0 Å². The van der Waals surface area contributed by atoms with Gasteiger partial charge in [-0.1, -0.05) is 34.1 Å². The molecule has 5 heteroatoms. The third-order valence-corrected chi connectivity index (χ3v) is 4.90. The fourth-order valence-corrected chi connectivity index (χ4v) is 3.23. The van der Waals surface area contributed by atoms with Crippen LogP contribution in [0.15, 0.2) is 47.2 Å². The van der Waals surface area contributed by atoms with Crippen LogP contribution in [-0.2, 0) is 6.54 Å². The molecule has 1 aliphatic heterocycles. The second-order valence-electron chi connectivity index (χ2n) is 5.56. The smallest absolute Gasteiger partial charge is 0.0491 e. The number of rotatable bonds is 3. The Kier molecular flexibility index (Phi) is 6.38. The minimum Gasteiger partial charge on any atom is -0.314 e. The number of aryl methyl sites for hydroxylation is 1. The highest BCUT2D eigenvalue weighted by molar-refractivity contribution is 9.10. The van der Waals surface area contributed by atoms with E-state index in [4.69, 9.17) is 0 Å². The molecule has 1 N–H and O–H groups in total. The Bertz CT molecular complexity index is 606. The number of halogens is 2. The minimum atomic E-state index is 0. The first-order chi connectivity index (χ1) is 10.2. The van der Waals surface area contributed by atoms with Crippen LogP contribution in [0.25, 0.3) is 0 Å². The van der Waals surface area contributed by atoms with Gasteiger partial charge in [0.25, 0.3) is 0 Å². The number of nitrogens with zero attached hydrogens (tertiary/aromatic N) is 2. The van der Waals surface area contributed by atoms with Crippen molar-refractivity contribution in [3.8, 4) is 0 Å². The van der Waals surface area contributed by atoms with Gasteiger partial charge in [0.05, 0.1) is 0 Å². The molecule has 2 aromatic rings. The lowest BCUT2D eigenvalue weighted by Crippen LogP contribution is -2.45. The standard InChI is InChI=1S/C17H20BrN3.ClH/c1-13-4-5-14(9-16(13)18)12-21-8-7-20-11-17(21)15-3-2-6-19-10-15;/h2-6,9-10,17,20H,7-8,11-12H2,1H3;1H. The number of nitrogens with one attached hydrogen (secondary N) is 1. The van der Waals surface area contributed by atoms with Gasteiger partial charge in [0.15, 0.2) is 0 Å². The number of benzene rings is 1. The molecule has 2 heterocycles. The SMILES string of the molecule is Cc1ccc(CN2CCNCC2c2cccnc2)cc1Br.Cl. The van der Waals surface area contributed by atoms with Crippen LogP contribution in [0.4, 0.5) is 0 Å². The first-order valence-corrected chi connectivity index (χ1v) is 8.13. The van der Waals surface area contributed by atoms with Gasteiger partial charge >= 0.3 is 0 Å². The summed E-state index contributed by atoms with van der Waals surface area (Å²) in [6.07, 6.45) is 3.82. The van der Waals surface area contributed by atoms with Crippen molar-refractivity contribution in [2.45, 2.75) is 19.5 Å². The predicted molar refractivity (Wildman–Crippen MR) is 96.4 cm³/mol. The summed E-state index contributed by atoms with van der Waals surface area (Å²) in [5.41, 5.74) is 3.92. The number of pyridine rings is 1. The van der Waals surface area contributed by atoms with Crippen LogP contribution in [0.5, 0.6) is 0 Å². The molecular weight excluding hydrogens is 362 g/mol. The van der Waals surface area contributed by atoms with E-state index in [0.717, 1.165) is 26.2 Å². The summed E-state index contributed by atoms with van der Waals surface area (Å²) in [7, 11) is 0. The van der Waals surface area contributed by atoms with Gasteiger partial charge in [-0.2, -0.15) is 0 Å². The van der Waals surface area contributed by atoms with Crippen LogP contribution in [-0.4, -0.2) is 29.5 Å². The maximum absolute atomic E-state index is 4.27. The van der Waals surface area contributed by atoms with Gasteiger partial charge in [0, 0.05) is 49.1 Å². The largest absolute Gasteiger partial charge is 0.314 e. The first-order valence-electron chi connectivity index (χ1n) is 7.34. The molecule has 118 valence electrons. The average Bonchev–Trinajstić information content (AvgIpc) is 2.52. The predicted octanol–water partition coefficient (Wildman–Crippen LogP) is 3.72. The summed E-state index contributed by atoms with van der Waals surface area (Å²) in [5, 5.41) is 3.49. The molecule has 0 radical (unpaired) electrons. The summed E-state index contributed by atoms with van der Waals surface area (Å²) >= 11 is 3.63. The molecule has 0 aliphatic carbocycles. The van der Waals surface area contributed by atoms with Gasteiger partial charge in [0.2, 0.25) is 0 Å². The normalized spacial score (nSPS) is 18.7. The lowest BCUT2D eigenvalue weighted by Gasteiger charge is -2.36. The fraction of sp³-hybridized carbons (Fsp3) is 0.353. The highest BCUT2D eigenvalue weighted by Gasteiger charge is 2.23. The fourth-order valence-electron chi connectivity index (χ4n) is 2.81. The lowest BCUT2D eigenvalue weighted by molar-refractivity contribution is 0.153. The van der Waals surface area contributed by atoms with Crippen LogP contribution in [0.3, 0.4) is 0 Å². The molecule has 1 aromatic heterocycles. The van der Waals surface area contributed by atoms with E-state index in [1.54, 1.807) is 0 Å². The second kappa shape index (κ2) is 8.06. The van der Waals surface area contributed by atoms with Crippen LogP contribution < -0.4 is 5.32 Å². The van der Waals surface area contributed by atoms with Gasteiger partial charge in [-0.15, -0.1) is 12.4 Å². The van der Waals surface area contributed by atoms with E-state index in [2.05, 4.69) is 62.3 Å². The van der Waals surface area contributed by atoms with Crippen LogP contribution in [0.2, 0.25) is 0 Å². The van der Waals surface area contributed by atoms with Crippen molar-refractivity contribution in [1.29, 1.82) is 0 Å². The van der Waals surface area contributed by atoms with E-state index in [-0.39, 0.29) is 12.4 Å². The Balaban J connectivity index is 0.00000176. The topological polar surface area (TPSA) is 28.2 Å². The van der Waals surface area contributed by atoms with E-state index in [0.29, 0.717) is 6.04 Å². The molecule has 0 saturated carbocycles. The molecule has 0 spiro atoms. The molecule has 0 amide bonds. The van der Waals surface area contributed by atoms with Crippen molar-refractivity contribution in [2.24, 2.45) is 0 Å². The zero-order valence-corrected chi connectivity index (χ0v) is 15.0. The second-order valence-corrected chi connectivity index (χ2v) is 6.41. The van der Waals surface area contributed by atoms with Crippen LogP contribution in [0.1, 0.15) is 22.7 Å². The zero-order chi connectivity index (χ0) is 14.7. The monoisotopic (exact) mass is 381 g/mol. The summed E-state index contributed by atoms with van der Waals surface area (Å²) in [5.74, 6) is 0. The Morgan fingerprint density at radius 1 is 1.36 bits per heavy atom. The Labute approximate surface area is 146 Å². The highest BCUT2D eigenvalue weighted by Crippen LogP contribution is 2.25. The lowest BCUT2D eigenvalue weighted by atomic mass is 10.0. The van der Waals surface area contributed by atoms with E-state index in [1.807, 2.05) is 18.5 Å². The maximum atomic E-state index is 4.27. The van der Waals surface area contributed by atoms with Crippen molar-refractivity contribution in [3.63, 3.8) is 0 Å². The summed E-state index contributed by atoms with van der Waals surface area (Å²) in [4.78, 5) is 6.80. The van der Waals surface area contributed by atoms with Gasteiger partial charge in [-0.25, -0.2) is 0 Å². The number of aromatic nitrogens is 1. The van der Waals surface area contributed by atoms with Crippen molar-refractivity contribution in [1.82, 2.24) is 15.2 Å². The molecule has 1 aromatic carbocycles. The van der Waals surface area contributed by atoms with E-state index in [1.165, 1.54) is 21.2 Å². The zero-order valence-electron chi connectivity index (χ0n) is 12.6. The van der Waals surface area contributed by atoms with Crippen molar-refractivity contribution < 1.29 is 0 Å². The molecule has 1 aliphatic rings. The number of hydrogen-bond acceptors (Lipinski definition) is 3. The molecule has 3 rings (SSSR count). The van der Waals surface area contributed by atoms with Crippen molar-refractivity contribution in [2.75, 3.05) is 19.6 Å². The van der Waals surface area contributed by atoms with Gasteiger partial charge in [-0.3, -0.25) is 9.88 Å². The third-order valence-electron chi connectivity index (χ3n) is 4.05. The summed E-state index contributed by atoms with van der Waals surface area (Å²) in [6, 6.07) is 11.2. The molecule has 22 heavy (non-hydrogen) atoms. The highest BCUT2D eigenvalue weighted by atomic mass is 79.9. The molecule has 1 unspecified atom stereocenters. The van der Waals surface area contributed by atoms with Crippen LogP contribution in [0, 0.1) is 6.92 Å². The molecule has 1 saturated heterocycles. The van der Waals surface area contributed by atoms with E-state index in [9.17, 15) is 0 Å². The molecule has 0 bridgehead atoms. The number of hydrogen-bond donors (Lipinski definition) is 1. The van der Waals surface area contributed by atoms with Crippen molar-refractivity contribution in [3.05, 3.63) is 63.9 Å². The Hall–Kier alpha value is -0.940. The minimum absolute atomic E-state index is 0. The first kappa shape index (κ1) is 17.4. The molecular formula is C17H21BrClN3. The number of piperazine rings is 1. The summed E-state index contributed by atoms with van der Waals surface area (Å²) in [6.45, 7) is 6.19. The molecule has 1 fully saturated rings. The quantitative estimate of drug-likeness (QED) is 0.877. The van der Waals surface area contributed by atoms with Crippen LogP contribution >= 0.6 is 28.3 Å². The van der Waals surface area contributed by atoms with Gasteiger partial charge in [-0.05, 0) is 35.7 Å². The molecule has 1 atom stereocenters. The molecule has 3 nitrogen and oxygen atoms in total. The summed E-state index contributed by atoms with van der Waals surface area (Å²) < 4.78 is 1.19.